The molecule has 0 saturated carbocycles. The minimum Gasteiger partial charge on any atom is -0.493 e. The number of hydrogen-bond donors (Lipinski definition) is 5. The van der Waals surface area contributed by atoms with Crippen molar-refractivity contribution < 1.29 is 47.7 Å². The fraction of sp³-hybridized carbons (Fsp3) is 0.838. The standard InChI is InChI=1S/C74H135N5O10S2/c1-10-12-14-16-18-20-22-24-26-28-30-32-34-36-38-40-42-44-46-48-52-86-65-51-50-64(69(55-65)87-53-49-47-45-43-41-39-37-35-33-31-29-27-25-23-21-19-17-15-13-11-2)56-88-72(84)68(58-91-60-76-63(6)81)78-70(82)66(54-61(3)4)77-71(83)67(57-90-59-75-62(5)80)79-73(85)89-74(7,8)9/h50-51,55,61,66-68H,10-49,52-54,56-60H2,1-9H3,(H,75,80)(H,76,81)(H,77,83)(H,78,82)(H,79,85)/t66-,67-,68-/m0/s1. The van der Waals surface area contributed by atoms with E-state index in [1.54, 1.807) is 20.8 Å². The molecule has 0 unspecified atom stereocenters. The minimum atomic E-state index is -1.16. The smallest absolute Gasteiger partial charge is 0.408 e. The highest BCUT2D eigenvalue weighted by Crippen LogP contribution is 2.28. The molecular formula is C74H135N5O10S2. The van der Waals surface area contributed by atoms with E-state index in [0.29, 0.717) is 30.3 Å². The number of alkyl carbamates (subject to hydrolysis) is 1. The number of nitrogens with one attached hydrogen (secondary N) is 5. The Labute approximate surface area is 564 Å². The van der Waals surface area contributed by atoms with Gasteiger partial charge in [0, 0.05) is 37.0 Å². The number of unbranched alkanes of at least 4 members (excludes halogenated alkanes) is 38. The van der Waals surface area contributed by atoms with Crippen molar-refractivity contribution in [3.05, 3.63) is 23.8 Å². The van der Waals surface area contributed by atoms with Crippen molar-refractivity contribution >= 4 is 59.2 Å². The number of rotatable bonds is 62. The van der Waals surface area contributed by atoms with E-state index in [9.17, 15) is 28.8 Å². The first-order valence-corrected chi connectivity index (χ1v) is 39.1. The van der Waals surface area contributed by atoms with Crippen molar-refractivity contribution in [3.8, 4) is 11.5 Å². The average molecular weight is 1320 g/mol. The van der Waals surface area contributed by atoms with Crippen LogP contribution in [0.3, 0.4) is 0 Å². The Kier molecular flexibility index (Phi) is 54.9. The first-order chi connectivity index (χ1) is 43.9. The van der Waals surface area contributed by atoms with Crippen LogP contribution in [0.15, 0.2) is 18.2 Å². The molecule has 0 aliphatic rings. The van der Waals surface area contributed by atoms with Crippen molar-refractivity contribution in [1.82, 2.24) is 26.6 Å². The number of benzene rings is 1. The Morgan fingerprint density at radius 2 is 0.802 bits per heavy atom. The van der Waals surface area contributed by atoms with Gasteiger partial charge in [0.2, 0.25) is 23.6 Å². The van der Waals surface area contributed by atoms with Crippen molar-refractivity contribution in [1.29, 1.82) is 0 Å². The molecule has 528 valence electrons. The third-order valence-electron chi connectivity index (χ3n) is 16.3. The summed E-state index contributed by atoms with van der Waals surface area (Å²) in [5, 5.41) is 13.6. The Bertz CT molecular complexity index is 1990. The maximum atomic E-state index is 14.2. The maximum Gasteiger partial charge on any atom is 0.408 e. The van der Waals surface area contributed by atoms with Gasteiger partial charge in [0.25, 0.3) is 0 Å². The highest BCUT2D eigenvalue weighted by Gasteiger charge is 2.32. The summed E-state index contributed by atoms with van der Waals surface area (Å²) in [6.45, 7) is 17.3. The monoisotopic (exact) mass is 1320 g/mol. The summed E-state index contributed by atoms with van der Waals surface area (Å²) in [5.41, 5.74) is -0.175. The Morgan fingerprint density at radius 3 is 1.18 bits per heavy atom. The Hall–Kier alpha value is -3.86. The van der Waals surface area contributed by atoms with E-state index >= 15 is 0 Å². The molecule has 0 aliphatic heterocycles. The van der Waals surface area contributed by atoms with Crippen LogP contribution in [0.2, 0.25) is 0 Å². The third-order valence-corrected chi connectivity index (χ3v) is 18.1. The molecule has 1 rings (SSSR count). The van der Waals surface area contributed by atoms with Gasteiger partial charge in [-0.05, 0) is 58.1 Å². The molecule has 1 aromatic rings. The molecule has 0 radical (unpaired) electrons. The average Bonchev–Trinajstić information content (AvgIpc) is 1.46. The third kappa shape index (κ3) is 53.1. The van der Waals surface area contributed by atoms with E-state index in [-0.39, 0.29) is 54.0 Å². The van der Waals surface area contributed by atoms with Gasteiger partial charge in [-0.3, -0.25) is 19.2 Å². The minimum absolute atomic E-state index is 0.0604. The van der Waals surface area contributed by atoms with Crippen molar-refractivity contribution in [2.24, 2.45) is 5.92 Å². The zero-order valence-electron chi connectivity index (χ0n) is 59.4. The van der Waals surface area contributed by atoms with Gasteiger partial charge in [-0.25, -0.2) is 9.59 Å². The second-order valence-electron chi connectivity index (χ2n) is 27.0. The molecule has 3 atom stereocenters. The number of carbonyl (C=O) groups is 6. The first-order valence-electron chi connectivity index (χ1n) is 36.7. The first kappa shape index (κ1) is 85.2. The molecular weight excluding hydrogens is 1180 g/mol. The van der Waals surface area contributed by atoms with Gasteiger partial charge >= 0.3 is 12.1 Å². The highest BCUT2D eigenvalue weighted by atomic mass is 32.2. The lowest BCUT2D eigenvalue weighted by Gasteiger charge is -2.27. The molecule has 91 heavy (non-hydrogen) atoms. The van der Waals surface area contributed by atoms with Crippen LogP contribution in [0.4, 0.5) is 4.79 Å². The SMILES string of the molecule is CCCCCCCCCCCCCCCCCCCCCCOc1ccc(COC(=O)[C@H](CSCNC(C)=O)NC(=O)[C@H](CC(C)C)NC(=O)[C@H](CSCNC(C)=O)NC(=O)OC(C)(C)C)c(OCCCCCCCCCCCCCCCCCCCCCC)c1. The van der Waals surface area contributed by atoms with Gasteiger partial charge in [0.05, 0.1) is 25.0 Å². The summed E-state index contributed by atoms with van der Waals surface area (Å²) in [5.74, 6) is -0.727. The lowest BCUT2D eigenvalue weighted by atomic mass is 10.0. The van der Waals surface area contributed by atoms with Crippen LogP contribution >= 0.6 is 23.5 Å². The van der Waals surface area contributed by atoms with Crippen molar-refractivity contribution in [2.45, 2.75) is 356 Å². The summed E-state index contributed by atoms with van der Waals surface area (Å²) in [4.78, 5) is 78.5. The summed E-state index contributed by atoms with van der Waals surface area (Å²) in [7, 11) is 0. The van der Waals surface area contributed by atoms with Gasteiger partial charge in [-0.15, -0.1) is 23.5 Å². The number of ether oxygens (including phenoxy) is 4. The summed E-state index contributed by atoms with van der Waals surface area (Å²) < 4.78 is 24.2. The largest absolute Gasteiger partial charge is 0.493 e. The Balaban J connectivity index is 2.94. The van der Waals surface area contributed by atoms with E-state index in [0.717, 1.165) is 32.1 Å². The second kappa shape index (κ2) is 58.7. The molecule has 0 aromatic heterocycles. The molecule has 0 spiro atoms. The van der Waals surface area contributed by atoms with Gasteiger partial charge < -0.3 is 45.5 Å². The number of esters is 1. The molecule has 5 N–H and O–H groups in total. The lowest BCUT2D eigenvalue weighted by Crippen LogP contribution is -2.57. The van der Waals surface area contributed by atoms with Crippen LogP contribution in [0, 0.1) is 5.92 Å². The molecule has 5 amide bonds. The van der Waals surface area contributed by atoms with E-state index in [1.807, 2.05) is 32.0 Å². The van der Waals surface area contributed by atoms with Crippen LogP contribution < -0.4 is 36.1 Å². The van der Waals surface area contributed by atoms with Crippen LogP contribution in [-0.4, -0.2) is 95.9 Å². The van der Waals surface area contributed by atoms with Crippen LogP contribution in [0.5, 0.6) is 11.5 Å². The normalized spacial score (nSPS) is 12.5. The molecule has 0 heterocycles. The molecule has 15 nitrogen and oxygen atoms in total. The predicted octanol–water partition coefficient (Wildman–Crippen LogP) is 18.7. The van der Waals surface area contributed by atoms with Crippen molar-refractivity contribution in [2.75, 3.05) is 36.5 Å². The molecule has 17 heteroatoms. The van der Waals surface area contributed by atoms with Gasteiger partial charge in [0.1, 0.15) is 41.8 Å². The topological polar surface area (TPSA) is 199 Å². The van der Waals surface area contributed by atoms with E-state index in [1.165, 1.54) is 262 Å². The quantitative estimate of drug-likeness (QED) is 0.0235. The number of carbonyl (C=O) groups excluding carboxylic acids is 6. The summed E-state index contributed by atoms with van der Waals surface area (Å²) >= 11 is 2.45. The fourth-order valence-corrected chi connectivity index (χ4v) is 12.7. The van der Waals surface area contributed by atoms with Crippen LogP contribution in [0.1, 0.15) is 331 Å². The number of hydrogen-bond acceptors (Lipinski definition) is 12. The molecule has 0 aliphatic carbocycles. The Morgan fingerprint density at radius 1 is 0.451 bits per heavy atom. The van der Waals surface area contributed by atoms with E-state index in [4.69, 9.17) is 18.9 Å². The van der Waals surface area contributed by atoms with Gasteiger partial charge in [-0.2, -0.15) is 0 Å². The van der Waals surface area contributed by atoms with Crippen molar-refractivity contribution in [3.63, 3.8) is 0 Å². The molecule has 0 bridgehead atoms. The predicted molar refractivity (Wildman–Crippen MR) is 382 cm³/mol. The van der Waals surface area contributed by atoms with Gasteiger partial charge in [0.15, 0.2) is 0 Å². The maximum absolute atomic E-state index is 14.2. The summed E-state index contributed by atoms with van der Waals surface area (Å²) in [6, 6.07) is 2.26. The van der Waals surface area contributed by atoms with E-state index in [2.05, 4.69) is 40.4 Å². The fourth-order valence-electron chi connectivity index (χ4n) is 10.9. The number of thioether (sulfide) groups is 2. The molecule has 1 aromatic carbocycles. The molecule has 0 fully saturated rings. The highest BCUT2D eigenvalue weighted by molar-refractivity contribution is 7.99. The zero-order chi connectivity index (χ0) is 66.8. The van der Waals surface area contributed by atoms with Gasteiger partial charge in [-0.1, -0.05) is 272 Å². The zero-order valence-corrected chi connectivity index (χ0v) is 61.0. The second-order valence-corrected chi connectivity index (χ2v) is 29.0. The summed E-state index contributed by atoms with van der Waals surface area (Å²) in [6.07, 6.45) is 52.4. The lowest BCUT2D eigenvalue weighted by molar-refractivity contribution is -0.148. The molecule has 0 saturated heterocycles. The van der Waals surface area contributed by atoms with E-state index < -0.39 is 47.6 Å². The van der Waals surface area contributed by atoms with Crippen LogP contribution in [0.25, 0.3) is 0 Å². The van der Waals surface area contributed by atoms with Crippen LogP contribution in [-0.2, 0) is 40.1 Å². The number of amides is 5.